The molecule has 8 aromatic carbocycles. The highest BCUT2D eigenvalue weighted by Gasteiger charge is 2.12. The van der Waals surface area contributed by atoms with Crippen molar-refractivity contribution in [1.29, 1.82) is 0 Å². The number of aryl methyl sites for hydroxylation is 1. The average Bonchev–Trinajstić information content (AvgIpc) is 3.04. The Kier molecular flexibility index (Phi) is 5.47. The molecule has 8 aromatic rings. The quantitative estimate of drug-likeness (QED) is 0.203. The Morgan fingerprint density at radius 1 is 0.293 bits per heavy atom. The van der Waals surface area contributed by atoms with Gasteiger partial charge in [0.05, 0.1) is 0 Å². The van der Waals surface area contributed by atoms with Crippen molar-refractivity contribution >= 4 is 43.1 Å². The van der Waals surface area contributed by atoms with Crippen molar-refractivity contribution in [1.82, 2.24) is 0 Å². The molecule has 0 nitrogen and oxygen atoms in total. The highest BCUT2D eigenvalue weighted by atomic mass is 14.2. The molecule has 0 heterocycles. The van der Waals surface area contributed by atoms with E-state index in [0.717, 1.165) is 0 Å². The van der Waals surface area contributed by atoms with E-state index in [0.29, 0.717) is 0 Å². The minimum absolute atomic E-state index is 1.23. The topological polar surface area (TPSA) is 0 Å². The van der Waals surface area contributed by atoms with Gasteiger partial charge in [0.2, 0.25) is 0 Å². The second kappa shape index (κ2) is 9.47. The number of benzene rings is 8. The maximum atomic E-state index is 2.38. The van der Waals surface area contributed by atoms with Gasteiger partial charge in [-0.2, -0.15) is 0 Å². The first kappa shape index (κ1) is 23.7. The molecule has 0 spiro atoms. The Morgan fingerprint density at radius 2 is 0.780 bits per heavy atom. The van der Waals surface area contributed by atoms with Gasteiger partial charge in [0, 0.05) is 0 Å². The number of hydrogen-bond acceptors (Lipinski definition) is 0. The summed E-state index contributed by atoms with van der Waals surface area (Å²) in [5, 5.41) is 10.3. The SMILES string of the molecule is Cc1ccc(-c2ccc3c4ccc(-c5cccc(-c6cccc7ccccc67)c5)cc4c4ccccc4c3c2)cc1. The van der Waals surface area contributed by atoms with E-state index in [2.05, 4.69) is 159 Å². The van der Waals surface area contributed by atoms with Gasteiger partial charge in [0.1, 0.15) is 0 Å². The van der Waals surface area contributed by atoms with Gasteiger partial charge in [-0.05, 0) is 102 Å². The van der Waals surface area contributed by atoms with Crippen LogP contribution in [0.2, 0.25) is 0 Å². The van der Waals surface area contributed by atoms with E-state index in [4.69, 9.17) is 0 Å². The van der Waals surface area contributed by atoms with Crippen LogP contribution in [-0.2, 0) is 0 Å². The first-order valence-corrected chi connectivity index (χ1v) is 14.3. The first-order chi connectivity index (χ1) is 20.2. The van der Waals surface area contributed by atoms with Crippen LogP contribution in [0, 0.1) is 6.92 Å². The smallest absolute Gasteiger partial charge is 0.00928 e. The molecule has 8 rings (SSSR count). The third-order valence-electron chi connectivity index (χ3n) is 8.52. The first-order valence-electron chi connectivity index (χ1n) is 14.3. The molecule has 0 aliphatic carbocycles. The summed E-state index contributed by atoms with van der Waals surface area (Å²) in [7, 11) is 0. The van der Waals surface area contributed by atoms with Crippen LogP contribution in [0.1, 0.15) is 5.56 Å². The molecule has 41 heavy (non-hydrogen) atoms. The van der Waals surface area contributed by atoms with E-state index in [-0.39, 0.29) is 0 Å². The molecule has 0 aromatic heterocycles. The average molecular weight is 521 g/mol. The molecule has 0 saturated heterocycles. The summed E-state index contributed by atoms with van der Waals surface area (Å²) in [6, 6.07) is 55.8. The predicted octanol–water partition coefficient (Wildman–Crippen LogP) is 11.6. The van der Waals surface area contributed by atoms with Gasteiger partial charge in [-0.25, -0.2) is 0 Å². The highest BCUT2D eigenvalue weighted by Crippen LogP contribution is 2.39. The van der Waals surface area contributed by atoms with Gasteiger partial charge in [0.15, 0.2) is 0 Å². The number of hydrogen-bond donors (Lipinski definition) is 0. The van der Waals surface area contributed by atoms with E-state index in [1.807, 2.05) is 0 Å². The van der Waals surface area contributed by atoms with Gasteiger partial charge in [0.25, 0.3) is 0 Å². The lowest BCUT2D eigenvalue weighted by molar-refractivity contribution is 1.47. The normalized spacial score (nSPS) is 11.5. The molecule has 0 aliphatic heterocycles. The van der Waals surface area contributed by atoms with Crippen LogP contribution < -0.4 is 0 Å². The van der Waals surface area contributed by atoms with Crippen molar-refractivity contribution in [2.45, 2.75) is 6.92 Å². The monoisotopic (exact) mass is 520 g/mol. The Hall–Kier alpha value is -5.20. The second-order valence-corrected chi connectivity index (χ2v) is 11.0. The summed E-state index contributed by atoms with van der Waals surface area (Å²) in [5.74, 6) is 0. The van der Waals surface area contributed by atoms with Crippen LogP contribution in [0.4, 0.5) is 0 Å². The third kappa shape index (κ3) is 4.00. The van der Waals surface area contributed by atoms with Crippen LogP contribution in [-0.4, -0.2) is 0 Å². The molecule has 0 amide bonds. The largest absolute Gasteiger partial charge is 0.0616 e. The standard InChI is InChI=1S/C41H28/c1-27-16-18-28(19-17-27)31-20-22-38-39-23-21-32(26-41(39)37-14-5-4-13-36(37)40(38)25-31)30-10-6-11-33(24-30)35-15-7-9-29-8-2-3-12-34(29)35/h2-26H,1H3. The lowest BCUT2D eigenvalue weighted by Crippen LogP contribution is -1.87. The molecule has 0 N–H and O–H groups in total. The molecule has 192 valence electrons. The van der Waals surface area contributed by atoms with Gasteiger partial charge >= 0.3 is 0 Å². The van der Waals surface area contributed by atoms with Crippen LogP contribution in [0.3, 0.4) is 0 Å². The highest BCUT2D eigenvalue weighted by molar-refractivity contribution is 6.26. The summed E-state index contributed by atoms with van der Waals surface area (Å²) in [6.45, 7) is 2.14. The maximum Gasteiger partial charge on any atom is -0.00928 e. The van der Waals surface area contributed by atoms with Crippen molar-refractivity contribution in [3.63, 3.8) is 0 Å². The molecular formula is C41H28. The fourth-order valence-electron chi connectivity index (χ4n) is 6.41. The number of fused-ring (bicyclic) bond motifs is 7. The minimum Gasteiger partial charge on any atom is -0.0616 e. The molecule has 0 bridgehead atoms. The lowest BCUT2D eigenvalue weighted by Gasteiger charge is -2.14. The summed E-state index contributed by atoms with van der Waals surface area (Å²) in [6.07, 6.45) is 0. The summed E-state index contributed by atoms with van der Waals surface area (Å²) >= 11 is 0. The zero-order valence-corrected chi connectivity index (χ0v) is 22.9. The number of rotatable bonds is 3. The molecule has 0 fully saturated rings. The van der Waals surface area contributed by atoms with Gasteiger partial charge < -0.3 is 0 Å². The fraction of sp³-hybridized carbons (Fsp3) is 0.0244. The lowest BCUT2D eigenvalue weighted by atomic mass is 9.90. The maximum absolute atomic E-state index is 2.38. The zero-order chi connectivity index (χ0) is 27.3. The Bertz CT molecular complexity index is 2230. The van der Waals surface area contributed by atoms with E-state index >= 15 is 0 Å². The van der Waals surface area contributed by atoms with Gasteiger partial charge in [-0.1, -0.05) is 139 Å². The Labute approximate surface area is 240 Å². The van der Waals surface area contributed by atoms with E-state index in [1.54, 1.807) is 0 Å². The molecule has 0 aliphatic rings. The Morgan fingerprint density at radius 3 is 1.49 bits per heavy atom. The van der Waals surface area contributed by atoms with Crippen LogP contribution in [0.5, 0.6) is 0 Å². The third-order valence-corrected chi connectivity index (χ3v) is 8.52. The summed E-state index contributed by atoms with van der Waals surface area (Å²) in [5.41, 5.74) is 8.77. The second-order valence-electron chi connectivity index (χ2n) is 11.0. The van der Waals surface area contributed by atoms with Crippen molar-refractivity contribution in [3.8, 4) is 33.4 Å². The molecular weight excluding hydrogens is 492 g/mol. The van der Waals surface area contributed by atoms with Crippen LogP contribution in [0.15, 0.2) is 152 Å². The van der Waals surface area contributed by atoms with Crippen molar-refractivity contribution in [3.05, 3.63) is 157 Å². The molecule has 0 heteroatoms. The molecule has 0 saturated carbocycles. The summed E-state index contributed by atoms with van der Waals surface area (Å²) < 4.78 is 0. The van der Waals surface area contributed by atoms with Crippen LogP contribution in [0.25, 0.3) is 76.5 Å². The molecule has 0 atom stereocenters. The Balaban J connectivity index is 1.31. The van der Waals surface area contributed by atoms with Crippen molar-refractivity contribution in [2.24, 2.45) is 0 Å². The van der Waals surface area contributed by atoms with E-state index < -0.39 is 0 Å². The molecule has 0 radical (unpaired) electrons. The zero-order valence-electron chi connectivity index (χ0n) is 22.9. The van der Waals surface area contributed by atoms with E-state index in [9.17, 15) is 0 Å². The minimum atomic E-state index is 1.23. The van der Waals surface area contributed by atoms with Crippen molar-refractivity contribution in [2.75, 3.05) is 0 Å². The fourth-order valence-corrected chi connectivity index (χ4v) is 6.41. The van der Waals surface area contributed by atoms with E-state index in [1.165, 1.54) is 82.0 Å². The summed E-state index contributed by atoms with van der Waals surface area (Å²) in [4.78, 5) is 0. The molecule has 0 unspecified atom stereocenters. The van der Waals surface area contributed by atoms with Crippen molar-refractivity contribution < 1.29 is 0 Å². The van der Waals surface area contributed by atoms with Crippen LogP contribution >= 0.6 is 0 Å². The van der Waals surface area contributed by atoms with Gasteiger partial charge in [-0.3, -0.25) is 0 Å². The predicted molar refractivity (Wildman–Crippen MR) is 178 cm³/mol. The van der Waals surface area contributed by atoms with Gasteiger partial charge in [-0.15, -0.1) is 0 Å².